The summed E-state index contributed by atoms with van der Waals surface area (Å²) in [5, 5.41) is 0. The van der Waals surface area contributed by atoms with Gasteiger partial charge in [0, 0.05) is 14.2 Å². The molecular formula is C30H42O6. The average Bonchev–Trinajstić information content (AvgIpc) is 2.90. The number of rotatable bonds is 18. The van der Waals surface area contributed by atoms with Crippen molar-refractivity contribution in [2.45, 2.75) is 83.0 Å². The minimum absolute atomic E-state index is 0.0288. The lowest BCUT2D eigenvalue weighted by atomic mass is 10.1. The Balaban J connectivity index is 1.95. The van der Waals surface area contributed by atoms with Crippen molar-refractivity contribution < 1.29 is 28.5 Å². The van der Waals surface area contributed by atoms with Crippen LogP contribution < -0.4 is 0 Å². The minimum Gasteiger partial charge on any atom is -0.460 e. The third kappa shape index (κ3) is 10.5. The second-order valence-corrected chi connectivity index (χ2v) is 9.01. The highest BCUT2D eigenvalue weighted by Gasteiger charge is 2.27. The molecule has 0 aliphatic heterocycles. The zero-order valence-electron chi connectivity index (χ0n) is 22.0. The van der Waals surface area contributed by atoms with Crippen LogP contribution in [0.15, 0.2) is 60.7 Å². The van der Waals surface area contributed by atoms with Crippen LogP contribution in [0, 0.1) is 0 Å². The molecule has 0 aliphatic carbocycles. The van der Waals surface area contributed by atoms with Crippen molar-refractivity contribution in [3.63, 3.8) is 0 Å². The van der Waals surface area contributed by atoms with E-state index in [1.165, 1.54) is 46.3 Å². The lowest BCUT2D eigenvalue weighted by molar-refractivity contribution is -0.172. The number of unbranched alkanes of at least 4 members (excludes halogenated alkanes) is 7. The van der Waals surface area contributed by atoms with E-state index in [0.717, 1.165) is 24.8 Å². The number of benzene rings is 2. The second kappa shape index (κ2) is 17.7. The number of carbonyl (C=O) groups is 2. The van der Waals surface area contributed by atoms with Crippen molar-refractivity contribution in [3.05, 3.63) is 71.8 Å². The van der Waals surface area contributed by atoms with Gasteiger partial charge in [-0.25, -0.2) is 9.59 Å². The third-order valence-corrected chi connectivity index (χ3v) is 6.18. The molecule has 198 valence electrons. The van der Waals surface area contributed by atoms with Crippen LogP contribution in [0.5, 0.6) is 0 Å². The van der Waals surface area contributed by atoms with Gasteiger partial charge in [0.15, 0.2) is 12.2 Å². The molecule has 6 heteroatoms. The maximum Gasteiger partial charge on any atom is 0.340 e. The smallest absolute Gasteiger partial charge is 0.340 e. The Kier molecular flexibility index (Phi) is 14.5. The first-order chi connectivity index (χ1) is 17.6. The quantitative estimate of drug-likeness (QED) is 0.167. The molecule has 0 saturated heterocycles. The molecular weight excluding hydrogens is 456 g/mol. The van der Waals surface area contributed by atoms with Crippen LogP contribution in [0.4, 0.5) is 0 Å². The fourth-order valence-electron chi connectivity index (χ4n) is 4.15. The lowest BCUT2D eigenvalue weighted by Crippen LogP contribution is -2.30. The Hall–Kier alpha value is -2.70. The van der Waals surface area contributed by atoms with Gasteiger partial charge in [-0.1, -0.05) is 113 Å². The molecule has 36 heavy (non-hydrogen) atoms. The first-order valence-corrected chi connectivity index (χ1v) is 13.1. The molecule has 0 aliphatic rings. The predicted octanol–water partition coefficient (Wildman–Crippen LogP) is 6.75. The van der Waals surface area contributed by atoms with Crippen LogP contribution >= 0.6 is 0 Å². The summed E-state index contributed by atoms with van der Waals surface area (Å²) in [6, 6.07) is 18.4. The van der Waals surface area contributed by atoms with E-state index in [9.17, 15) is 9.59 Å². The largest absolute Gasteiger partial charge is 0.460 e. The van der Waals surface area contributed by atoms with E-state index < -0.39 is 30.3 Å². The van der Waals surface area contributed by atoms with E-state index in [4.69, 9.17) is 18.9 Å². The molecule has 0 heterocycles. The van der Waals surface area contributed by atoms with E-state index >= 15 is 0 Å². The SMILES string of the molecule is CCCCCCCCCC[C@H](COC(=O)[C@H](OC)c1ccccc1)OC(=O)[C@H](OC)c1ccccc1. The molecule has 2 aromatic rings. The topological polar surface area (TPSA) is 71.1 Å². The minimum atomic E-state index is -0.834. The standard InChI is InChI=1S/C30H42O6/c1-4-5-6-7-8-9-10-17-22-26(36-30(32)28(34-3)25-20-15-12-16-21-25)23-35-29(31)27(33-2)24-18-13-11-14-19-24/h11-16,18-21,26-28H,4-10,17,22-23H2,1-3H3/t26-,27-,28-/m1/s1. The summed E-state index contributed by atoms with van der Waals surface area (Å²) in [6.45, 7) is 2.19. The van der Waals surface area contributed by atoms with E-state index in [-0.39, 0.29) is 6.61 Å². The van der Waals surface area contributed by atoms with Gasteiger partial charge in [0.2, 0.25) is 0 Å². The molecule has 0 saturated carbocycles. The fourth-order valence-corrected chi connectivity index (χ4v) is 4.15. The fraction of sp³-hybridized carbons (Fsp3) is 0.533. The normalized spacial score (nSPS) is 13.5. The number of ether oxygens (including phenoxy) is 4. The highest BCUT2D eigenvalue weighted by Crippen LogP contribution is 2.22. The van der Waals surface area contributed by atoms with Crippen molar-refractivity contribution in [2.24, 2.45) is 0 Å². The number of carbonyl (C=O) groups excluding carboxylic acids is 2. The molecule has 0 spiro atoms. The molecule has 0 amide bonds. The highest BCUT2D eigenvalue weighted by molar-refractivity contribution is 5.77. The summed E-state index contributed by atoms with van der Waals surface area (Å²) in [6.07, 6.45) is 7.76. The maximum atomic E-state index is 13.0. The van der Waals surface area contributed by atoms with E-state index in [1.807, 2.05) is 60.7 Å². The van der Waals surface area contributed by atoms with Gasteiger partial charge in [-0.15, -0.1) is 0 Å². The van der Waals surface area contributed by atoms with Gasteiger partial charge in [-0.05, 0) is 24.0 Å². The van der Waals surface area contributed by atoms with Gasteiger partial charge >= 0.3 is 11.9 Å². The zero-order valence-corrected chi connectivity index (χ0v) is 22.0. The summed E-state index contributed by atoms with van der Waals surface area (Å²) in [5.41, 5.74) is 1.43. The third-order valence-electron chi connectivity index (χ3n) is 6.18. The van der Waals surface area contributed by atoms with Crippen molar-refractivity contribution in [1.82, 2.24) is 0 Å². The summed E-state index contributed by atoms with van der Waals surface area (Å²) in [4.78, 5) is 25.7. The van der Waals surface area contributed by atoms with Crippen molar-refractivity contribution in [3.8, 4) is 0 Å². The average molecular weight is 499 g/mol. The van der Waals surface area contributed by atoms with Gasteiger partial charge in [0.05, 0.1) is 0 Å². The molecule has 0 unspecified atom stereocenters. The van der Waals surface area contributed by atoms with Crippen LogP contribution in [-0.2, 0) is 28.5 Å². The van der Waals surface area contributed by atoms with Crippen LogP contribution in [0.3, 0.4) is 0 Å². The van der Waals surface area contributed by atoms with Crippen molar-refractivity contribution in [2.75, 3.05) is 20.8 Å². The van der Waals surface area contributed by atoms with Gasteiger partial charge in [-0.2, -0.15) is 0 Å². The van der Waals surface area contributed by atoms with Gasteiger partial charge < -0.3 is 18.9 Å². The zero-order chi connectivity index (χ0) is 26.0. The molecule has 0 fully saturated rings. The molecule has 2 rings (SSSR count). The van der Waals surface area contributed by atoms with Crippen molar-refractivity contribution in [1.29, 1.82) is 0 Å². The molecule has 0 aromatic heterocycles. The summed E-state index contributed by atoms with van der Waals surface area (Å²) in [5.74, 6) is -0.998. The first kappa shape index (κ1) is 29.5. The Labute approximate surface area is 216 Å². The molecule has 0 N–H and O–H groups in total. The van der Waals surface area contributed by atoms with Gasteiger partial charge in [-0.3, -0.25) is 0 Å². The molecule has 2 aromatic carbocycles. The number of hydrogen-bond donors (Lipinski definition) is 0. The highest BCUT2D eigenvalue weighted by atomic mass is 16.6. The van der Waals surface area contributed by atoms with Crippen LogP contribution in [0.1, 0.15) is 88.0 Å². The Morgan fingerprint density at radius 3 is 1.64 bits per heavy atom. The number of esters is 2. The molecule has 0 bridgehead atoms. The van der Waals surface area contributed by atoms with Crippen LogP contribution in [0.2, 0.25) is 0 Å². The van der Waals surface area contributed by atoms with Gasteiger partial charge in [0.1, 0.15) is 12.7 Å². The van der Waals surface area contributed by atoms with Crippen molar-refractivity contribution >= 4 is 11.9 Å². The molecule has 6 nitrogen and oxygen atoms in total. The Morgan fingerprint density at radius 2 is 1.14 bits per heavy atom. The summed E-state index contributed by atoms with van der Waals surface area (Å²) >= 11 is 0. The van der Waals surface area contributed by atoms with E-state index in [1.54, 1.807) is 0 Å². The summed E-state index contributed by atoms with van der Waals surface area (Å²) in [7, 11) is 2.95. The molecule has 0 radical (unpaired) electrons. The number of methoxy groups -OCH3 is 2. The monoisotopic (exact) mass is 498 g/mol. The Morgan fingerprint density at radius 1 is 0.667 bits per heavy atom. The lowest BCUT2D eigenvalue weighted by Gasteiger charge is -2.22. The van der Waals surface area contributed by atoms with E-state index in [0.29, 0.717) is 12.0 Å². The van der Waals surface area contributed by atoms with E-state index in [2.05, 4.69) is 6.92 Å². The predicted molar refractivity (Wildman–Crippen MR) is 140 cm³/mol. The Bertz CT molecular complexity index is 854. The first-order valence-electron chi connectivity index (χ1n) is 13.1. The van der Waals surface area contributed by atoms with Crippen LogP contribution in [0.25, 0.3) is 0 Å². The maximum absolute atomic E-state index is 13.0. The second-order valence-electron chi connectivity index (χ2n) is 9.01. The number of hydrogen-bond acceptors (Lipinski definition) is 6. The van der Waals surface area contributed by atoms with Gasteiger partial charge in [0.25, 0.3) is 0 Å². The van der Waals surface area contributed by atoms with Crippen LogP contribution in [-0.4, -0.2) is 38.9 Å². The molecule has 3 atom stereocenters. The summed E-state index contributed by atoms with van der Waals surface area (Å²) < 4.78 is 22.2.